The largest absolute Gasteiger partial charge is 0.493 e. The van der Waals surface area contributed by atoms with E-state index in [4.69, 9.17) is 14.2 Å². The third-order valence-corrected chi connectivity index (χ3v) is 7.54. The van der Waals surface area contributed by atoms with Gasteiger partial charge in [0.15, 0.2) is 27.0 Å². The molecular weight excluding hydrogens is 458 g/mol. The molecule has 180 valence electrons. The number of anilines is 1. The molecule has 1 fully saturated rings. The maximum absolute atomic E-state index is 13.1. The van der Waals surface area contributed by atoms with Crippen molar-refractivity contribution in [3.05, 3.63) is 53.7 Å². The molecule has 1 aromatic heterocycles. The number of carbonyl (C=O) groups excluding carboxylic acids is 1. The van der Waals surface area contributed by atoms with Crippen LogP contribution in [0.2, 0.25) is 0 Å². The molecule has 0 bridgehead atoms. The van der Waals surface area contributed by atoms with E-state index in [9.17, 15) is 13.2 Å². The van der Waals surface area contributed by atoms with Gasteiger partial charge in [0.1, 0.15) is 0 Å². The third-order valence-electron chi connectivity index (χ3n) is 5.79. The first-order valence-electron chi connectivity index (χ1n) is 10.7. The number of amides is 1. The second kappa shape index (κ2) is 9.38. The van der Waals surface area contributed by atoms with Crippen LogP contribution in [0.15, 0.2) is 42.5 Å². The first kappa shape index (κ1) is 23.6. The molecule has 1 aliphatic heterocycles. The summed E-state index contributed by atoms with van der Waals surface area (Å²) < 4.78 is 41.9. The number of hydrogen-bond acceptors (Lipinski definition) is 7. The minimum absolute atomic E-state index is 0.00147. The lowest BCUT2D eigenvalue weighted by Gasteiger charge is -2.14. The zero-order valence-electron chi connectivity index (χ0n) is 19.5. The smallest absolute Gasteiger partial charge is 0.276 e. The molecule has 0 spiro atoms. The van der Waals surface area contributed by atoms with Gasteiger partial charge in [0.2, 0.25) is 5.75 Å². The second-order valence-electron chi connectivity index (χ2n) is 8.15. The molecule has 1 aliphatic rings. The Bertz CT molecular complexity index is 1290. The van der Waals surface area contributed by atoms with Crippen molar-refractivity contribution >= 4 is 21.4 Å². The van der Waals surface area contributed by atoms with E-state index in [1.807, 2.05) is 31.2 Å². The Balaban J connectivity index is 1.70. The van der Waals surface area contributed by atoms with Gasteiger partial charge in [0.25, 0.3) is 5.91 Å². The van der Waals surface area contributed by atoms with E-state index in [1.165, 1.54) is 21.3 Å². The molecule has 2 heterocycles. The average molecular weight is 486 g/mol. The lowest BCUT2D eigenvalue weighted by molar-refractivity contribution is 0.102. The van der Waals surface area contributed by atoms with Gasteiger partial charge in [0, 0.05) is 17.8 Å². The summed E-state index contributed by atoms with van der Waals surface area (Å²) in [6.07, 6.45) is 0.455. The number of nitrogens with zero attached hydrogens (tertiary/aromatic N) is 2. The van der Waals surface area contributed by atoms with Gasteiger partial charge in [-0.15, -0.1) is 0 Å². The molecule has 1 atom stereocenters. The summed E-state index contributed by atoms with van der Waals surface area (Å²) >= 11 is 0. The van der Waals surface area contributed by atoms with E-state index < -0.39 is 15.7 Å². The van der Waals surface area contributed by atoms with E-state index in [2.05, 4.69) is 10.4 Å². The van der Waals surface area contributed by atoms with Crippen molar-refractivity contribution in [2.24, 2.45) is 0 Å². The highest BCUT2D eigenvalue weighted by Crippen LogP contribution is 2.40. The van der Waals surface area contributed by atoms with Crippen LogP contribution in [0, 0.1) is 6.92 Å². The quantitative estimate of drug-likeness (QED) is 0.546. The minimum atomic E-state index is -3.13. The van der Waals surface area contributed by atoms with Crippen LogP contribution in [-0.2, 0) is 9.84 Å². The molecule has 1 N–H and O–H groups in total. The number of hydrogen-bond donors (Lipinski definition) is 1. The van der Waals surface area contributed by atoms with E-state index in [0.717, 1.165) is 11.1 Å². The number of nitrogens with one attached hydrogen (secondary N) is 1. The molecule has 10 heteroatoms. The van der Waals surface area contributed by atoms with Gasteiger partial charge < -0.3 is 19.5 Å². The number of benzene rings is 2. The van der Waals surface area contributed by atoms with Crippen LogP contribution in [0.4, 0.5) is 5.69 Å². The van der Waals surface area contributed by atoms with Gasteiger partial charge in [0.05, 0.1) is 44.6 Å². The summed E-state index contributed by atoms with van der Waals surface area (Å²) in [6, 6.07) is 12.4. The summed E-state index contributed by atoms with van der Waals surface area (Å²) in [5, 5.41) is 7.34. The normalized spacial score (nSPS) is 16.8. The standard InChI is InChI=1S/C24H27N3O6S/c1-15-5-7-16(8-6-15)20-13-19(26-27(20)18-9-10-34(29,30)14-18)24(28)25-17-11-21(31-2)23(33-4)22(12-17)32-3/h5-8,11-13,18H,9-10,14H2,1-4H3,(H,25,28)/t18-/m0/s1. The molecule has 0 unspecified atom stereocenters. The van der Waals surface area contributed by atoms with Crippen molar-refractivity contribution in [1.82, 2.24) is 9.78 Å². The molecular formula is C24H27N3O6S. The van der Waals surface area contributed by atoms with Gasteiger partial charge in [-0.1, -0.05) is 29.8 Å². The molecule has 0 radical (unpaired) electrons. The summed E-state index contributed by atoms with van der Waals surface area (Å²) in [5.41, 5.74) is 3.26. The van der Waals surface area contributed by atoms with Crippen LogP contribution < -0.4 is 19.5 Å². The van der Waals surface area contributed by atoms with Gasteiger partial charge in [-0.25, -0.2) is 8.42 Å². The fraction of sp³-hybridized carbons (Fsp3) is 0.333. The Hall–Kier alpha value is -3.53. The number of sulfone groups is 1. The van der Waals surface area contributed by atoms with Crippen LogP contribution in [0.3, 0.4) is 0 Å². The number of aromatic nitrogens is 2. The number of carbonyl (C=O) groups is 1. The summed E-state index contributed by atoms with van der Waals surface area (Å²) in [5.74, 6) is 0.885. The average Bonchev–Trinajstić information content (AvgIpc) is 3.42. The van der Waals surface area contributed by atoms with Crippen LogP contribution in [0.5, 0.6) is 17.2 Å². The first-order chi connectivity index (χ1) is 16.2. The molecule has 1 amide bonds. The predicted octanol–water partition coefficient (Wildman–Crippen LogP) is 3.50. The fourth-order valence-electron chi connectivity index (χ4n) is 4.04. The maximum atomic E-state index is 13.1. The molecule has 3 aromatic rings. The molecule has 0 aliphatic carbocycles. The van der Waals surface area contributed by atoms with E-state index in [1.54, 1.807) is 22.9 Å². The SMILES string of the molecule is COc1cc(NC(=O)c2cc(-c3ccc(C)cc3)n([C@H]3CCS(=O)(=O)C3)n2)cc(OC)c1OC. The van der Waals surface area contributed by atoms with E-state index >= 15 is 0 Å². The van der Waals surface area contributed by atoms with Gasteiger partial charge >= 0.3 is 0 Å². The Kier molecular flexibility index (Phi) is 6.52. The van der Waals surface area contributed by atoms with E-state index in [0.29, 0.717) is 35.1 Å². The molecule has 34 heavy (non-hydrogen) atoms. The van der Waals surface area contributed by atoms with Crippen LogP contribution in [0.25, 0.3) is 11.3 Å². The first-order valence-corrected chi connectivity index (χ1v) is 12.5. The molecule has 1 saturated heterocycles. The number of methoxy groups -OCH3 is 3. The lowest BCUT2D eigenvalue weighted by Crippen LogP contribution is -2.16. The van der Waals surface area contributed by atoms with Crippen molar-refractivity contribution in [1.29, 1.82) is 0 Å². The summed E-state index contributed by atoms with van der Waals surface area (Å²) in [6.45, 7) is 1.99. The maximum Gasteiger partial charge on any atom is 0.276 e. The topological polar surface area (TPSA) is 109 Å². The number of aryl methyl sites for hydroxylation is 1. The Morgan fingerprint density at radius 2 is 1.68 bits per heavy atom. The van der Waals surface area contributed by atoms with Crippen molar-refractivity contribution in [3.63, 3.8) is 0 Å². The predicted molar refractivity (Wildman–Crippen MR) is 129 cm³/mol. The van der Waals surface area contributed by atoms with Crippen LogP contribution >= 0.6 is 0 Å². The van der Waals surface area contributed by atoms with Crippen molar-refractivity contribution in [2.75, 3.05) is 38.2 Å². The van der Waals surface area contributed by atoms with Gasteiger partial charge in [-0.2, -0.15) is 5.10 Å². The number of ether oxygens (including phenoxy) is 3. The molecule has 0 saturated carbocycles. The molecule has 9 nitrogen and oxygen atoms in total. The highest BCUT2D eigenvalue weighted by Gasteiger charge is 2.32. The zero-order valence-corrected chi connectivity index (χ0v) is 20.3. The Morgan fingerprint density at radius 3 is 2.21 bits per heavy atom. The van der Waals surface area contributed by atoms with Crippen LogP contribution in [-0.4, -0.2) is 56.9 Å². The van der Waals surface area contributed by atoms with Crippen molar-refractivity contribution in [3.8, 4) is 28.5 Å². The zero-order chi connectivity index (χ0) is 24.5. The van der Waals surface area contributed by atoms with Crippen LogP contribution in [0.1, 0.15) is 28.5 Å². The Labute approximate surface area is 198 Å². The van der Waals surface area contributed by atoms with E-state index in [-0.39, 0.29) is 23.2 Å². The molecule has 4 rings (SSSR count). The highest BCUT2D eigenvalue weighted by atomic mass is 32.2. The minimum Gasteiger partial charge on any atom is -0.493 e. The number of rotatable bonds is 7. The summed E-state index contributed by atoms with van der Waals surface area (Å²) in [4.78, 5) is 13.1. The monoisotopic (exact) mass is 485 g/mol. The van der Waals surface area contributed by atoms with Crippen molar-refractivity contribution < 1.29 is 27.4 Å². The highest BCUT2D eigenvalue weighted by molar-refractivity contribution is 7.91. The summed E-state index contributed by atoms with van der Waals surface area (Å²) in [7, 11) is 1.36. The van der Waals surface area contributed by atoms with Crippen molar-refractivity contribution in [2.45, 2.75) is 19.4 Å². The molecule has 2 aromatic carbocycles. The fourth-order valence-corrected chi connectivity index (χ4v) is 5.73. The second-order valence-corrected chi connectivity index (χ2v) is 10.4. The lowest BCUT2D eigenvalue weighted by atomic mass is 10.1. The third kappa shape index (κ3) is 4.72. The van der Waals surface area contributed by atoms with Gasteiger partial charge in [-0.05, 0) is 25.0 Å². The Morgan fingerprint density at radius 1 is 1.03 bits per heavy atom. The van der Waals surface area contributed by atoms with Gasteiger partial charge in [-0.3, -0.25) is 9.48 Å².